The van der Waals surface area contributed by atoms with Crippen LogP contribution in [0, 0.1) is 0 Å². The predicted octanol–water partition coefficient (Wildman–Crippen LogP) is 2.24. The van der Waals surface area contributed by atoms with Crippen LogP contribution >= 0.6 is 0 Å². The molecule has 6 heteroatoms. The Kier molecular flexibility index (Phi) is 3.88. The number of rotatable bonds is 3. The van der Waals surface area contributed by atoms with Crippen molar-refractivity contribution in [1.29, 1.82) is 0 Å². The van der Waals surface area contributed by atoms with Gasteiger partial charge >= 0.3 is 12.1 Å². The number of aldehydes is 1. The van der Waals surface area contributed by atoms with Crippen LogP contribution in [-0.4, -0.2) is 18.4 Å². The van der Waals surface area contributed by atoms with E-state index in [0.29, 0.717) is 17.4 Å². The molecule has 0 saturated heterocycles. The number of nitrogens with one attached hydrogen (secondary N) is 1. The van der Waals surface area contributed by atoms with Gasteiger partial charge in [-0.1, -0.05) is 24.3 Å². The van der Waals surface area contributed by atoms with Crippen molar-refractivity contribution in [1.82, 2.24) is 5.32 Å². The number of hydrogen-bond donors (Lipinski definition) is 1. The van der Waals surface area contributed by atoms with Crippen molar-refractivity contribution in [2.75, 3.05) is 0 Å². The fraction of sp³-hybridized carbons (Fsp3) is 0.273. The lowest BCUT2D eigenvalue weighted by Gasteiger charge is -2.15. The molecule has 1 aromatic rings. The highest BCUT2D eigenvalue weighted by Gasteiger charge is 2.39. The van der Waals surface area contributed by atoms with Gasteiger partial charge in [0.15, 0.2) is 0 Å². The molecule has 0 aliphatic rings. The Balaban J connectivity index is 2.73. The molecule has 0 spiro atoms. The van der Waals surface area contributed by atoms with Gasteiger partial charge in [-0.15, -0.1) is 0 Å². The lowest BCUT2D eigenvalue weighted by molar-refractivity contribution is -0.174. The third-order valence-corrected chi connectivity index (χ3v) is 2.18. The second kappa shape index (κ2) is 4.99. The molecule has 0 aliphatic heterocycles. The molecule has 0 aliphatic carbocycles. The molecule has 3 nitrogen and oxygen atoms in total. The van der Waals surface area contributed by atoms with Gasteiger partial charge in [0.1, 0.15) is 6.29 Å². The molecule has 0 radical (unpaired) electrons. The Morgan fingerprint density at radius 1 is 1.29 bits per heavy atom. The van der Waals surface area contributed by atoms with E-state index < -0.39 is 18.1 Å². The van der Waals surface area contributed by atoms with Crippen LogP contribution in [0.2, 0.25) is 0 Å². The first kappa shape index (κ1) is 13.2. The second-order valence-corrected chi connectivity index (χ2v) is 3.48. The fourth-order valence-corrected chi connectivity index (χ4v) is 1.23. The first-order valence-electron chi connectivity index (χ1n) is 4.77. The molecular weight excluding hydrogens is 235 g/mol. The van der Waals surface area contributed by atoms with Crippen molar-refractivity contribution in [3.05, 3.63) is 35.4 Å². The van der Waals surface area contributed by atoms with E-state index in [9.17, 15) is 22.8 Å². The molecule has 0 bridgehead atoms. The van der Waals surface area contributed by atoms with Crippen molar-refractivity contribution in [3.63, 3.8) is 0 Å². The summed E-state index contributed by atoms with van der Waals surface area (Å²) in [6.07, 6.45) is -4.26. The lowest BCUT2D eigenvalue weighted by Crippen LogP contribution is -2.38. The summed E-state index contributed by atoms with van der Waals surface area (Å²) in [4.78, 5) is 21.1. The summed E-state index contributed by atoms with van der Waals surface area (Å²) >= 11 is 0. The van der Waals surface area contributed by atoms with Crippen molar-refractivity contribution in [3.8, 4) is 0 Å². The number of carbonyl (C=O) groups excluding carboxylic acids is 2. The molecule has 92 valence electrons. The summed E-state index contributed by atoms with van der Waals surface area (Å²) in [7, 11) is 0. The Morgan fingerprint density at radius 2 is 1.82 bits per heavy atom. The highest BCUT2D eigenvalue weighted by Crippen LogP contribution is 2.18. The largest absolute Gasteiger partial charge is 0.471 e. The number of halogens is 3. The number of hydrogen-bond acceptors (Lipinski definition) is 2. The van der Waals surface area contributed by atoms with Crippen molar-refractivity contribution in [2.45, 2.75) is 19.1 Å². The minimum Gasteiger partial charge on any atom is -0.342 e. The molecule has 0 fully saturated rings. The summed E-state index contributed by atoms with van der Waals surface area (Å²) in [5.41, 5.74) is 0.913. The maximum absolute atomic E-state index is 12.0. The van der Waals surface area contributed by atoms with Crippen molar-refractivity contribution in [2.24, 2.45) is 0 Å². The Hall–Kier alpha value is -1.85. The Labute approximate surface area is 95.6 Å². The van der Waals surface area contributed by atoms with Gasteiger partial charge in [-0.05, 0) is 12.5 Å². The Bertz CT molecular complexity index is 412. The van der Waals surface area contributed by atoms with Gasteiger partial charge in [-0.3, -0.25) is 9.59 Å². The topological polar surface area (TPSA) is 46.2 Å². The molecule has 0 heterocycles. The summed E-state index contributed by atoms with van der Waals surface area (Å²) in [5, 5.41) is 1.82. The average Bonchev–Trinajstić information content (AvgIpc) is 2.27. The minimum absolute atomic E-state index is 0.420. The molecule has 17 heavy (non-hydrogen) atoms. The Morgan fingerprint density at radius 3 is 2.24 bits per heavy atom. The van der Waals surface area contributed by atoms with E-state index in [0.717, 1.165) is 0 Å². The normalized spacial score (nSPS) is 12.9. The summed E-state index contributed by atoms with van der Waals surface area (Å²) in [6, 6.07) is 5.15. The van der Waals surface area contributed by atoms with E-state index in [4.69, 9.17) is 0 Å². The number of amides is 1. The van der Waals surface area contributed by atoms with Gasteiger partial charge in [-0.25, -0.2) is 0 Å². The first-order chi connectivity index (χ1) is 7.84. The van der Waals surface area contributed by atoms with Gasteiger partial charge in [0.25, 0.3) is 0 Å². The zero-order valence-electron chi connectivity index (χ0n) is 8.91. The smallest absolute Gasteiger partial charge is 0.342 e. The SMILES string of the molecule is CC(NC(=O)C(F)(F)F)c1ccc(C=O)cc1. The predicted molar refractivity (Wildman–Crippen MR) is 54.4 cm³/mol. The molecule has 1 N–H and O–H groups in total. The van der Waals surface area contributed by atoms with E-state index in [1.165, 1.54) is 31.2 Å². The summed E-state index contributed by atoms with van der Waals surface area (Å²) in [6.45, 7) is 1.43. The van der Waals surface area contributed by atoms with E-state index in [2.05, 4.69) is 0 Å². The van der Waals surface area contributed by atoms with E-state index in [1.54, 1.807) is 0 Å². The van der Waals surface area contributed by atoms with Crippen molar-refractivity contribution >= 4 is 12.2 Å². The number of carbonyl (C=O) groups is 2. The van der Waals surface area contributed by atoms with Gasteiger partial charge in [0.2, 0.25) is 0 Å². The highest BCUT2D eigenvalue weighted by atomic mass is 19.4. The van der Waals surface area contributed by atoms with Crippen LogP contribution in [0.4, 0.5) is 13.2 Å². The van der Waals surface area contributed by atoms with Crippen LogP contribution in [0.3, 0.4) is 0 Å². The number of benzene rings is 1. The molecule has 1 rings (SSSR count). The van der Waals surface area contributed by atoms with E-state index >= 15 is 0 Å². The lowest BCUT2D eigenvalue weighted by atomic mass is 10.1. The van der Waals surface area contributed by atoms with Crippen LogP contribution < -0.4 is 5.32 Å². The molecule has 1 amide bonds. The molecule has 0 aromatic heterocycles. The van der Waals surface area contributed by atoms with Crippen LogP contribution in [-0.2, 0) is 4.79 Å². The standard InChI is InChI=1S/C11H10F3NO2/c1-7(15-10(17)11(12,13)14)9-4-2-8(6-16)3-5-9/h2-7H,1H3,(H,15,17). The molecule has 0 saturated carbocycles. The zero-order valence-corrected chi connectivity index (χ0v) is 8.91. The van der Waals surface area contributed by atoms with Gasteiger partial charge in [0, 0.05) is 5.56 Å². The fourth-order valence-electron chi connectivity index (χ4n) is 1.23. The van der Waals surface area contributed by atoms with Crippen LogP contribution in [0.15, 0.2) is 24.3 Å². The second-order valence-electron chi connectivity index (χ2n) is 3.48. The molecule has 1 unspecified atom stereocenters. The molecule has 1 aromatic carbocycles. The van der Waals surface area contributed by atoms with E-state index in [-0.39, 0.29) is 0 Å². The van der Waals surface area contributed by atoms with Crippen LogP contribution in [0.5, 0.6) is 0 Å². The molecule has 1 atom stereocenters. The zero-order chi connectivity index (χ0) is 13.1. The first-order valence-corrected chi connectivity index (χ1v) is 4.77. The summed E-state index contributed by atoms with van der Waals surface area (Å²) in [5.74, 6) is -1.98. The number of alkyl halides is 3. The van der Waals surface area contributed by atoms with Crippen molar-refractivity contribution < 1.29 is 22.8 Å². The average molecular weight is 245 g/mol. The van der Waals surface area contributed by atoms with E-state index in [1.807, 2.05) is 5.32 Å². The third kappa shape index (κ3) is 3.58. The maximum Gasteiger partial charge on any atom is 0.471 e. The highest BCUT2D eigenvalue weighted by molar-refractivity contribution is 5.82. The quantitative estimate of drug-likeness (QED) is 0.830. The molecular formula is C11H10F3NO2. The maximum atomic E-state index is 12.0. The third-order valence-electron chi connectivity index (χ3n) is 2.18. The van der Waals surface area contributed by atoms with Crippen LogP contribution in [0.25, 0.3) is 0 Å². The minimum atomic E-state index is -4.89. The summed E-state index contributed by atoms with van der Waals surface area (Å²) < 4.78 is 36.0. The monoisotopic (exact) mass is 245 g/mol. The van der Waals surface area contributed by atoms with Gasteiger partial charge in [-0.2, -0.15) is 13.2 Å². The van der Waals surface area contributed by atoms with Gasteiger partial charge in [0.05, 0.1) is 6.04 Å². The van der Waals surface area contributed by atoms with Gasteiger partial charge < -0.3 is 5.32 Å². The van der Waals surface area contributed by atoms with Crippen LogP contribution in [0.1, 0.15) is 28.9 Å².